The number of hydrogen-bond acceptors (Lipinski definition) is 7. The highest BCUT2D eigenvalue weighted by Gasteiger charge is 2.20. The third-order valence-corrected chi connectivity index (χ3v) is 6.13. The fraction of sp³-hybridized carbons (Fsp3) is 0.280. The largest absolute Gasteiger partial charge is 0.384 e. The van der Waals surface area contributed by atoms with Gasteiger partial charge in [-0.05, 0) is 54.5 Å². The molecular weight excluding hydrogens is 398 g/mol. The predicted octanol–water partition coefficient (Wildman–Crippen LogP) is 3.68. The van der Waals surface area contributed by atoms with Crippen LogP contribution in [0, 0.1) is 5.92 Å². The number of rotatable bonds is 6. The number of benzene rings is 1. The Morgan fingerprint density at radius 2 is 1.81 bits per heavy atom. The minimum atomic E-state index is 0.533. The Kier molecular flexibility index (Phi) is 5.89. The fourth-order valence-electron chi connectivity index (χ4n) is 4.41. The second-order valence-electron chi connectivity index (χ2n) is 8.26. The highest BCUT2D eigenvalue weighted by Crippen LogP contribution is 2.30. The molecule has 4 heterocycles. The van der Waals surface area contributed by atoms with Crippen molar-refractivity contribution in [2.45, 2.75) is 19.4 Å². The maximum Gasteiger partial charge on any atom is 0.225 e. The molecule has 162 valence electrons. The SMILES string of the molecule is Nc1ccc(CNCC2CCN(c3ncccn3)CC2)c(-c2cccc3cnccc23)n1. The second kappa shape index (κ2) is 9.28. The van der Waals surface area contributed by atoms with Crippen LogP contribution in [0.5, 0.6) is 0 Å². The van der Waals surface area contributed by atoms with Crippen LogP contribution in [0.1, 0.15) is 18.4 Å². The van der Waals surface area contributed by atoms with Gasteiger partial charge in [0.15, 0.2) is 0 Å². The predicted molar refractivity (Wildman–Crippen MR) is 128 cm³/mol. The van der Waals surface area contributed by atoms with Gasteiger partial charge in [-0.3, -0.25) is 4.98 Å². The van der Waals surface area contributed by atoms with Crippen LogP contribution in [0.15, 0.2) is 67.3 Å². The summed E-state index contributed by atoms with van der Waals surface area (Å²) in [6, 6.07) is 14.1. The van der Waals surface area contributed by atoms with Crippen LogP contribution >= 0.6 is 0 Å². The number of nitrogens with two attached hydrogens (primary N) is 1. The molecule has 4 aromatic rings. The molecule has 1 aromatic carbocycles. The lowest BCUT2D eigenvalue weighted by Gasteiger charge is -2.32. The summed E-state index contributed by atoms with van der Waals surface area (Å²) < 4.78 is 0. The molecule has 0 atom stereocenters. The third kappa shape index (κ3) is 4.38. The number of piperidine rings is 1. The minimum absolute atomic E-state index is 0.533. The van der Waals surface area contributed by atoms with Crippen LogP contribution in [0.25, 0.3) is 22.0 Å². The van der Waals surface area contributed by atoms with E-state index in [0.717, 1.165) is 72.6 Å². The topological polar surface area (TPSA) is 92.8 Å². The van der Waals surface area contributed by atoms with Crippen LogP contribution in [-0.4, -0.2) is 39.6 Å². The van der Waals surface area contributed by atoms with Gasteiger partial charge in [0.05, 0.1) is 5.69 Å². The monoisotopic (exact) mass is 425 g/mol. The van der Waals surface area contributed by atoms with E-state index in [1.165, 1.54) is 0 Å². The molecule has 0 spiro atoms. The van der Waals surface area contributed by atoms with Crippen molar-refractivity contribution in [3.05, 3.63) is 72.8 Å². The van der Waals surface area contributed by atoms with E-state index in [1.54, 1.807) is 12.4 Å². The lowest BCUT2D eigenvalue weighted by molar-refractivity contribution is 0.380. The first-order valence-electron chi connectivity index (χ1n) is 11.1. The second-order valence-corrected chi connectivity index (χ2v) is 8.26. The smallest absolute Gasteiger partial charge is 0.225 e. The van der Waals surface area contributed by atoms with Gasteiger partial charge in [-0.25, -0.2) is 15.0 Å². The number of nitrogens with one attached hydrogen (secondary N) is 1. The summed E-state index contributed by atoms with van der Waals surface area (Å²) in [6.07, 6.45) is 9.59. The maximum atomic E-state index is 6.06. The number of nitrogens with zero attached hydrogens (tertiary/aromatic N) is 5. The molecule has 1 aliphatic heterocycles. The summed E-state index contributed by atoms with van der Waals surface area (Å²) >= 11 is 0. The number of anilines is 2. The summed E-state index contributed by atoms with van der Waals surface area (Å²) in [5.74, 6) is 2.01. The van der Waals surface area contributed by atoms with Crippen molar-refractivity contribution in [3.63, 3.8) is 0 Å². The minimum Gasteiger partial charge on any atom is -0.384 e. The Labute approximate surface area is 187 Å². The molecule has 7 nitrogen and oxygen atoms in total. The van der Waals surface area contributed by atoms with E-state index in [-0.39, 0.29) is 0 Å². The summed E-state index contributed by atoms with van der Waals surface area (Å²) in [5.41, 5.74) is 9.23. The molecule has 0 radical (unpaired) electrons. The fourth-order valence-corrected chi connectivity index (χ4v) is 4.41. The molecule has 0 bridgehead atoms. The molecular formula is C25H27N7. The molecule has 1 saturated heterocycles. The van der Waals surface area contributed by atoms with E-state index < -0.39 is 0 Å². The molecule has 0 aliphatic carbocycles. The zero-order valence-corrected chi connectivity index (χ0v) is 18.0. The molecule has 5 rings (SSSR count). The molecule has 7 heteroatoms. The molecule has 0 unspecified atom stereocenters. The van der Waals surface area contributed by atoms with E-state index in [9.17, 15) is 0 Å². The normalized spacial score (nSPS) is 14.7. The van der Waals surface area contributed by atoms with Gasteiger partial charge in [0.25, 0.3) is 0 Å². The summed E-state index contributed by atoms with van der Waals surface area (Å²) in [7, 11) is 0. The third-order valence-electron chi connectivity index (χ3n) is 6.13. The number of hydrogen-bond donors (Lipinski definition) is 2. The first-order chi connectivity index (χ1) is 15.8. The van der Waals surface area contributed by atoms with Crippen LogP contribution < -0.4 is 16.0 Å². The number of fused-ring (bicyclic) bond motifs is 1. The van der Waals surface area contributed by atoms with Gasteiger partial charge in [-0.1, -0.05) is 24.3 Å². The van der Waals surface area contributed by atoms with E-state index in [4.69, 9.17) is 10.7 Å². The Balaban J connectivity index is 1.25. The lowest BCUT2D eigenvalue weighted by atomic mass is 9.96. The zero-order valence-electron chi connectivity index (χ0n) is 18.0. The van der Waals surface area contributed by atoms with Gasteiger partial charge in [0, 0.05) is 55.4 Å². The maximum absolute atomic E-state index is 6.06. The molecule has 1 aliphatic rings. The van der Waals surface area contributed by atoms with Crippen molar-refractivity contribution in [2.24, 2.45) is 5.92 Å². The van der Waals surface area contributed by atoms with Crippen molar-refractivity contribution in [3.8, 4) is 11.3 Å². The number of pyridine rings is 2. The van der Waals surface area contributed by atoms with Gasteiger partial charge in [-0.2, -0.15) is 0 Å². The summed E-state index contributed by atoms with van der Waals surface area (Å²) in [5, 5.41) is 5.90. The van der Waals surface area contributed by atoms with Gasteiger partial charge in [-0.15, -0.1) is 0 Å². The van der Waals surface area contributed by atoms with Gasteiger partial charge < -0.3 is 16.0 Å². The van der Waals surface area contributed by atoms with Gasteiger partial charge >= 0.3 is 0 Å². The highest BCUT2D eigenvalue weighted by atomic mass is 15.2. The Bertz CT molecular complexity index is 1180. The van der Waals surface area contributed by atoms with E-state index in [0.29, 0.717) is 11.7 Å². The quantitative estimate of drug-likeness (QED) is 0.487. The molecule has 0 amide bonds. The average Bonchev–Trinajstić information content (AvgIpc) is 2.85. The summed E-state index contributed by atoms with van der Waals surface area (Å²) in [4.78, 5) is 20.0. The van der Waals surface area contributed by atoms with E-state index >= 15 is 0 Å². The Hall–Kier alpha value is -3.58. The van der Waals surface area contributed by atoms with Crippen molar-refractivity contribution in [1.82, 2.24) is 25.3 Å². The first-order valence-corrected chi connectivity index (χ1v) is 11.1. The molecule has 3 N–H and O–H groups in total. The standard InChI is InChI=1S/C25H27N7/c26-23-6-5-20(24(31-23)22-4-1-3-19-16-27-12-7-21(19)22)17-28-15-18-8-13-32(14-9-18)25-29-10-2-11-30-25/h1-7,10-12,16,18,28H,8-9,13-15,17H2,(H2,26,31). The molecule has 1 fully saturated rings. The van der Waals surface area contributed by atoms with Crippen LogP contribution in [0.3, 0.4) is 0 Å². The molecule has 0 saturated carbocycles. The van der Waals surface area contributed by atoms with Crippen LogP contribution in [-0.2, 0) is 6.54 Å². The summed E-state index contributed by atoms with van der Waals surface area (Å²) in [6.45, 7) is 3.73. The first kappa shape index (κ1) is 20.3. The molecule has 3 aromatic heterocycles. The van der Waals surface area contributed by atoms with Crippen LogP contribution in [0.4, 0.5) is 11.8 Å². The Morgan fingerprint density at radius 1 is 0.969 bits per heavy atom. The van der Waals surface area contributed by atoms with Gasteiger partial charge in [0.2, 0.25) is 5.95 Å². The van der Waals surface area contributed by atoms with Crippen molar-refractivity contribution < 1.29 is 0 Å². The average molecular weight is 426 g/mol. The van der Waals surface area contributed by atoms with E-state index in [1.807, 2.05) is 36.7 Å². The van der Waals surface area contributed by atoms with Crippen molar-refractivity contribution in [2.75, 3.05) is 30.3 Å². The zero-order chi connectivity index (χ0) is 21.8. The number of nitrogen functional groups attached to an aromatic ring is 1. The Morgan fingerprint density at radius 3 is 2.66 bits per heavy atom. The number of aromatic nitrogens is 4. The van der Waals surface area contributed by atoms with Gasteiger partial charge in [0.1, 0.15) is 5.82 Å². The molecule has 32 heavy (non-hydrogen) atoms. The van der Waals surface area contributed by atoms with Crippen molar-refractivity contribution >= 4 is 22.5 Å². The van der Waals surface area contributed by atoms with Crippen LogP contribution in [0.2, 0.25) is 0 Å². The van der Waals surface area contributed by atoms with E-state index in [2.05, 4.69) is 43.4 Å². The highest BCUT2D eigenvalue weighted by molar-refractivity contribution is 5.96. The van der Waals surface area contributed by atoms with Crippen molar-refractivity contribution in [1.29, 1.82) is 0 Å². The lowest BCUT2D eigenvalue weighted by Crippen LogP contribution is -2.38.